The molecule has 8 heteroatoms. The molecule has 2 aromatic carbocycles. The van der Waals surface area contributed by atoms with Gasteiger partial charge in [0.15, 0.2) is 4.77 Å². The van der Waals surface area contributed by atoms with Crippen LogP contribution in [0.3, 0.4) is 0 Å². The van der Waals surface area contributed by atoms with Crippen LogP contribution in [0.1, 0.15) is 27.9 Å². The second kappa shape index (κ2) is 8.87. The third-order valence-corrected chi connectivity index (χ3v) is 6.76. The second-order valence-corrected chi connectivity index (χ2v) is 9.03. The van der Waals surface area contributed by atoms with E-state index >= 15 is 0 Å². The van der Waals surface area contributed by atoms with Crippen LogP contribution in [-0.4, -0.2) is 39.6 Å². The van der Waals surface area contributed by atoms with E-state index < -0.39 is 0 Å². The zero-order valence-electron chi connectivity index (χ0n) is 19.0. The average molecular weight is 472 g/mol. The second-order valence-electron chi connectivity index (χ2n) is 8.64. The quantitative estimate of drug-likeness (QED) is 0.439. The number of rotatable bonds is 4. The minimum atomic E-state index is -0.207. The van der Waals surface area contributed by atoms with Gasteiger partial charge in [0.2, 0.25) is 0 Å². The Labute approximate surface area is 202 Å². The Hall–Kier alpha value is -3.78. The van der Waals surface area contributed by atoms with Crippen LogP contribution in [0.4, 0.5) is 5.82 Å². The summed E-state index contributed by atoms with van der Waals surface area (Å²) < 4.78 is 1.82. The van der Waals surface area contributed by atoms with E-state index in [0.29, 0.717) is 27.8 Å². The van der Waals surface area contributed by atoms with Crippen LogP contribution in [0, 0.1) is 18.6 Å². The van der Waals surface area contributed by atoms with Crippen molar-refractivity contribution in [3.05, 3.63) is 92.6 Å². The molecule has 3 heterocycles. The molecular formula is C26H25N5O2S. The van der Waals surface area contributed by atoms with Gasteiger partial charge in [-0.2, -0.15) is 0 Å². The summed E-state index contributed by atoms with van der Waals surface area (Å²) in [4.78, 5) is 36.0. The number of carbonyl (C=O) groups excluding carboxylic acids is 1. The first-order valence-corrected chi connectivity index (χ1v) is 11.7. The predicted molar refractivity (Wildman–Crippen MR) is 137 cm³/mol. The summed E-state index contributed by atoms with van der Waals surface area (Å²) in [6, 6.07) is 16.7. The number of H-pyrrole nitrogens is 1. The van der Waals surface area contributed by atoms with E-state index in [0.717, 1.165) is 35.6 Å². The lowest BCUT2D eigenvalue weighted by molar-refractivity contribution is 0.0940. The number of carbonyl (C=O) groups is 1. The molecule has 1 aliphatic rings. The standard InChI is InChI=1S/C26H25N5O2S/c1-16-6-5-7-22(17(16)2)31-25(33)20-10-9-18(14-21(20)29-26(31)34)24(32)28-19-11-13-30(15-19)23-8-3-4-12-27-23/h3-10,12,14,19H,11,13,15H2,1-2H3,(H,28,32)(H,29,34). The van der Waals surface area contributed by atoms with Gasteiger partial charge in [-0.25, -0.2) is 4.98 Å². The van der Waals surface area contributed by atoms with Crippen molar-refractivity contribution < 1.29 is 4.79 Å². The molecule has 0 spiro atoms. The Morgan fingerprint density at radius 2 is 2.00 bits per heavy atom. The van der Waals surface area contributed by atoms with Gasteiger partial charge in [-0.1, -0.05) is 18.2 Å². The zero-order valence-corrected chi connectivity index (χ0v) is 19.9. The minimum Gasteiger partial charge on any atom is -0.354 e. The Kier molecular flexibility index (Phi) is 5.75. The summed E-state index contributed by atoms with van der Waals surface area (Å²) in [5.74, 6) is 0.741. The highest BCUT2D eigenvalue weighted by molar-refractivity contribution is 7.71. The number of nitrogens with zero attached hydrogens (tertiary/aromatic N) is 3. The smallest absolute Gasteiger partial charge is 0.266 e. The fraction of sp³-hybridized carbons (Fsp3) is 0.231. The van der Waals surface area contributed by atoms with Crippen molar-refractivity contribution in [3.8, 4) is 5.69 Å². The van der Waals surface area contributed by atoms with Crippen LogP contribution in [-0.2, 0) is 0 Å². The Morgan fingerprint density at radius 3 is 2.79 bits per heavy atom. The van der Waals surface area contributed by atoms with Crippen molar-refractivity contribution in [1.29, 1.82) is 0 Å². The maximum atomic E-state index is 13.3. The summed E-state index contributed by atoms with van der Waals surface area (Å²) in [7, 11) is 0. The van der Waals surface area contributed by atoms with Gasteiger partial charge in [-0.05, 0) is 80.0 Å². The molecule has 0 bridgehead atoms. The number of benzene rings is 2. The summed E-state index contributed by atoms with van der Waals surface area (Å²) in [5.41, 5.74) is 3.66. The van der Waals surface area contributed by atoms with Gasteiger partial charge in [-0.3, -0.25) is 14.2 Å². The van der Waals surface area contributed by atoms with Crippen LogP contribution < -0.4 is 15.8 Å². The molecule has 2 aromatic heterocycles. The summed E-state index contributed by atoms with van der Waals surface area (Å²) in [5, 5.41) is 3.59. The number of nitrogens with one attached hydrogen (secondary N) is 2. The number of aromatic amines is 1. The molecule has 1 fully saturated rings. The lowest BCUT2D eigenvalue weighted by atomic mass is 10.1. The van der Waals surface area contributed by atoms with Gasteiger partial charge in [0.25, 0.3) is 11.5 Å². The Morgan fingerprint density at radius 1 is 1.15 bits per heavy atom. The number of aryl methyl sites for hydroxylation is 1. The number of pyridine rings is 1. The molecule has 34 heavy (non-hydrogen) atoms. The van der Waals surface area contributed by atoms with Crippen molar-refractivity contribution in [2.75, 3.05) is 18.0 Å². The fourth-order valence-corrected chi connectivity index (χ4v) is 4.74. The van der Waals surface area contributed by atoms with Crippen molar-refractivity contribution in [1.82, 2.24) is 19.9 Å². The fourth-order valence-electron chi connectivity index (χ4n) is 4.45. The number of anilines is 1. The van der Waals surface area contributed by atoms with Gasteiger partial charge < -0.3 is 15.2 Å². The molecule has 172 valence electrons. The lowest BCUT2D eigenvalue weighted by Crippen LogP contribution is -2.37. The lowest BCUT2D eigenvalue weighted by Gasteiger charge is -2.18. The molecule has 0 radical (unpaired) electrons. The zero-order chi connectivity index (χ0) is 23.8. The van der Waals surface area contributed by atoms with Crippen LogP contribution in [0.25, 0.3) is 16.6 Å². The highest BCUT2D eigenvalue weighted by Gasteiger charge is 2.25. The largest absolute Gasteiger partial charge is 0.354 e. The summed E-state index contributed by atoms with van der Waals surface area (Å²) >= 11 is 5.53. The van der Waals surface area contributed by atoms with Crippen molar-refractivity contribution in [2.24, 2.45) is 0 Å². The van der Waals surface area contributed by atoms with E-state index in [-0.39, 0.29) is 17.5 Å². The third-order valence-electron chi connectivity index (χ3n) is 6.47. The molecule has 0 saturated carbocycles. The van der Waals surface area contributed by atoms with Gasteiger partial charge in [0.05, 0.1) is 16.6 Å². The minimum absolute atomic E-state index is 0.0287. The van der Waals surface area contributed by atoms with Crippen LogP contribution >= 0.6 is 12.2 Å². The molecule has 4 aromatic rings. The van der Waals surface area contributed by atoms with Crippen molar-refractivity contribution in [3.63, 3.8) is 0 Å². The van der Waals surface area contributed by atoms with Gasteiger partial charge in [0.1, 0.15) is 5.82 Å². The van der Waals surface area contributed by atoms with E-state index in [2.05, 4.69) is 20.2 Å². The molecule has 1 saturated heterocycles. The highest BCUT2D eigenvalue weighted by atomic mass is 32.1. The highest BCUT2D eigenvalue weighted by Crippen LogP contribution is 2.20. The van der Waals surface area contributed by atoms with Crippen LogP contribution in [0.2, 0.25) is 0 Å². The molecule has 1 aliphatic heterocycles. The number of fused-ring (bicyclic) bond motifs is 1. The maximum Gasteiger partial charge on any atom is 0.266 e. The molecule has 0 aliphatic carbocycles. The first kappa shape index (κ1) is 22.0. The first-order valence-electron chi connectivity index (χ1n) is 11.2. The van der Waals surface area contributed by atoms with E-state index in [9.17, 15) is 9.59 Å². The molecule has 2 N–H and O–H groups in total. The van der Waals surface area contributed by atoms with Gasteiger partial charge in [-0.15, -0.1) is 0 Å². The third kappa shape index (κ3) is 4.01. The van der Waals surface area contributed by atoms with E-state index in [4.69, 9.17) is 12.2 Å². The predicted octanol–water partition coefficient (Wildman–Crippen LogP) is 4.07. The van der Waals surface area contributed by atoms with E-state index in [1.165, 1.54) is 4.57 Å². The Bertz CT molecular complexity index is 1510. The molecule has 1 amide bonds. The molecule has 5 rings (SSSR count). The van der Waals surface area contributed by atoms with E-state index in [1.807, 2.05) is 50.2 Å². The normalized spacial score (nSPS) is 15.6. The van der Waals surface area contributed by atoms with Crippen LogP contribution in [0.15, 0.2) is 65.6 Å². The van der Waals surface area contributed by atoms with Gasteiger partial charge in [0, 0.05) is 30.9 Å². The average Bonchev–Trinajstić information content (AvgIpc) is 3.30. The van der Waals surface area contributed by atoms with Gasteiger partial charge >= 0.3 is 0 Å². The summed E-state index contributed by atoms with van der Waals surface area (Å²) in [6.45, 7) is 5.52. The first-order chi connectivity index (χ1) is 16.4. The number of amides is 1. The number of hydrogen-bond acceptors (Lipinski definition) is 5. The summed E-state index contributed by atoms with van der Waals surface area (Å²) in [6.07, 6.45) is 2.62. The molecule has 1 unspecified atom stereocenters. The number of hydrogen-bond donors (Lipinski definition) is 2. The topological polar surface area (TPSA) is 83.0 Å². The van der Waals surface area contributed by atoms with Crippen LogP contribution in [0.5, 0.6) is 0 Å². The molecular weight excluding hydrogens is 446 g/mol. The van der Waals surface area contributed by atoms with E-state index in [1.54, 1.807) is 24.4 Å². The SMILES string of the molecule is Cc1cccc(-n2c(=S)[nH]c3cc(C(=O)NC4CCN(c5ccccn5)C4)ccc3c2=O)c1C. The van der Waals surface area contributed by atoms with Crippen molar-refractivity contribution >= 4 is 34.8 Å². The number of aromatic nitrogens is 3. The van der Waals surface area contributed by atoms with Crippen molar-refractivity contribution in [2.45, 2.75) is 26.3 Å². The molecule has 1 atom stereocenters. The monoisotopic (exact) mass is 471 g/mol. The molecule has 7 nitrogen and oxygen atoms in total. The maximum absolute atomic E-state index is 13.3. The Balaban J connectivity index is 1.40.